The maximum absolute atomic E-state index is 6.10. The summed E-state index contributed by atoms with van der Waals surface area (Å²) >= 11 is 0. The molecule has 0 spiro atoms. The highest BCUT2D eigenvalue weighted by molar-refractivity contribution is 5.38. The average molecular weight is 200 g/mol. The number of benzene rings is 1. The van der Waals surface area contributed by atoms with E-state index in [9.17, 15) is 0 Å². The van der Waals surface area contributed by atoms with Gasteiger partial charge in [-0.1, -0.05) is 12.1 Å². The van der Waals surface area contributed by atoms with Crippen molar-refractivity contribution < 1.29 is 0 Å². The molecule has 0 unspecified atom stereocenters. The highest BCUT2D eigenvalue weighted by atomic mass is 15.3. The molecule has 76 valence electrons. The van der Waals surface area contributed by atoms with Crippen LogP contribution < -0.4 is 5.73 Å². The van der Waals surface area contributed by atoms with Crippen LogP contribution in [-0.4, -0.2) is 14.8 Å². The molecule has 1 fully saturated rings. The lowest BCUT2D eigenvalue weighted by Crippen LogP contribution is -2.18. The van der Waals surface area contributed by atoms with E-state index in [-0.39, 0.29) is 5.54 Å². The SMILES string of the molecule is NC1(c2ccc(-n3cncn3)cc2)CC1. The Labute approximate surface area is 87.7 Å². The summed E-state index contributed by atoms with van der Waals surface area (Å²) in [6.45, 7) is 0. The van der Waals surface area contributed by atoms with Crippen LogP contribution in [0, 0.1) is 0 Å². The molecule has 0 saturated heterocycles. The molecule has 15 heavy (non-hydrogen) atoms. The lowest BCUT2D eigenvalue weighted by molar-refractivity contribution is 0.739. The molecular weight excluding hydrogens is 188 g/mol. The molecule has 0 amide bonds. The highest BCUT2D eigenvalue weighted by Gasteiger charge is 2.39. The van der Waals surface area contributed by atoms with Crippen LogP contribution in [0.15, 0.2) is 36.9 Å². The van der Waals surface area contributed by atoms with Gasteiger partial charge in [0.2, 0.25) is 0 Å². The van der Waals surface area contributed by atoms with Crippen molar-refractivity contribution >= 4 is 0 Å². The standard InChI is InChI=1S/C11H12N4/c12-11(5-6-11)9-1-3-10(4-2-9)15-8-13-7-14-15/h1-4,7-8H,5-6,12H2. The van der Waals surface area contributed by atoms with Crippen LogP contribution >= 0.6 is 0 Å². The minimum Gasteiger partial charge on any atom is -0.321 e. The van der Waals surface area contributed by atoms with Gasteiger partial charge in [-0.25, -0.2) is 9.67 Å². The summed E-state index contributed by atoms with van der Waals surface area (Å²) in [5, 5.41) is 4.07. The normalized spacial score (nSPS) is 17.7. The fourth-order valence-corrected chi connectivity index (χ4v) is 1.71. The zero-order chi connectivity index (χ0) is 10.3. The minimum atomic E-state index is -0.0547. The summed E-state index contributed by atoms with van der Waals surface area (Å²) in [6.07, 6.45) is 5.40. The molecule has 3 rings (SSSR count). The summed E-state index contributed by atoms with van der Waals surface area (Å²) in [5.41, 5.74) is 8.28. The molecule has 1 saturated carbocycles. The van der Waals surface area contributed by atoms with Gasteiger partial charge in [0.15, 0.2) is 0 Å². The number of aromatic nitrogens is 3. The molecule has 4 heteroatoms. The van der Waals surface area contributed by atoms with Gasteiger partial charge in [-0.15, -0.1) is 0 Å². The molecule has 0 bridgehead atoms. The second kappa shape index (κ2) is 2.90. The predicted molar refractivity (Wildman–Crippen MR) is 56.5 cm³/mol. The van der Waals surface area contributed by atoms with Crippen LogP contribution in [0.3, 0.4) is 0 Å². The lowest BCUT2D eigenvalue weighted by Gasteiger charge is -2.09. The van der Waals surface area contributed by atoms with E-state index in [1.807, 2.05) is 12.1 Å². The van der Waals surface area contributed by atoms with Crippen LogP contribution in [-0.2, 0) is 5.54 Å². The molecule has 1 aromatic heterocycles. The first-order valence-corrected chi connectivity index (χ1v) is 5.02. The molecule has 0 radical (unpaired) electrons. The number of rotatable bonds is 2. The maximum atomic E-state index is 6.10. The number of hydrogen-bond acceptors (Lipinski definition) is 3. The molecule has 0 atom stereocenters. The first-order valence-electron chi connectivity index (χ1n) is 5.02. The second-order valence-electron chi connectivity index (χ2n) is 4.04. The second-order valence-corrected chi connectivity index (χ2v) is 4.04. The molecule has 1 heterocycles. The Bertz CT molecular complexity index is 454. The van der Waals surface area contributed by atoms with Crippen LogP contribution in [0.25, 0.3) is 5.69 Å². The van der Waals surface area contributed by atoms with Gasteiger partial charge in [0, 0.05) is 5.54 Å². The number of hydrogen-bond donors (Lipinski definition) is 1. The Balaban J connectivity index is 1.94. The van der Waals surface area contributed by atoms with E-state index in [0.717, 1.165) is 18.5 Å². The van der Waals surface area contributed by atoms with E-state index in [4.69, 9.17) is 5.73 Å². The van der Waals surface area contributed by atoms with Crippen molar-refractivity contribution in [1.82, 2.24) is 14.8 Å². The third-order valence-corrected chi connectivity index (χ3v) is 2.91. The fourth-order valence-electron chi connectivity index (χ4n) is 1.71. The fraction of sp³-hybridized carbons (Fsp3) is 0.273. The zero-order valence-corrected chi connectivity index (χ0v) is 8.30. The van der Waals surface area contributed by atoms with Gasteiger partial charge in [0.1, 0.15) is 12.7 Å². The van der Waals surface area contributed by atoms with Crippen molar-refractivity contribution in [2.45, 2.75) is 18.4 Å². The van der Waals surface area contributed by atoms with Crippen LogP contribution in [0.5, 0.6) is 0 Å². The monoisotopic (exact) mass is 200 g/mol. The molecular formula is C11H12N4. The largest absolute Gasteiger partial charge is 0.321 e. The maximum Gasteiger partial charge on any atom is 0.138 e. The third kappa shape index (κ3) is 1.43. The van der Waals surface area contributed by atoms with Gasteiger partial charge < -0.3 is 5.73 Å². The van der Waals surface area contributed by atoms with E-state index < -0.39 is 0 Å². The van der Waals surface area contributed by atoms with Gasteiger partial charge >= 0.3 is 0 Å². The molecule has 4 nitrogen and oxygen atoms in total. The summed E-state index contributed by atoms with van der Waals surface area (Å²) in [7, 11) is 0. The predicted octanol–water partition coefficient (Wildman–Crippen LogP) is 1.22. The van der Waals surface area contributed by atoms with Gasteiger partial charge in [-0.05, 0) is 30.5 Å². The highest BCUT2D eigenvalue weighted by Crippen LogP contribution is 2.42. The smallest absolute Gasteiger partial charge is 0.138 e. The van der Waals surface area contributed by atoms with E-state index in [1.165, 1.54) is 11.9 Å². The lowest BCUT2D eigenvalue weighted by atomic mass is 10.1. The Morgan fingerprint density at radius 1 is 1.20 bits per heavy atom. The van der Waals surface area contributed by atoms with Crippen molar-refractivity contribution in [3.63, 3.8) is 0 Å². The van der Waals surface area contributed by atoms with Gasteiger partial charge in [0.05, 0.1) is 5.69 Å². The first kappa shape index (κ1) is 8.61. The van der Waals surface area contributed by atoms with Crippen LogP contribution in [0.2, 0.25) is 0 Å². The van der Waals surface area contributed by atoms with Crippen molar-refractivity contribution in [2.75, 3.05) is 0 Å². The van der Waals surface area contributed by atoms with Crippen molar-refractivity contribution in [2.24, 2.45) is 5.73 Å². The van der Waals surface area contributed by atoms with E-state index in [0.29, 0.717) is 0 Å². The quantitative estimate of drug-likeness (QED) is 0.792. The molecule has 2 aromatic rings. The van der Waals surface area contributed by atoms with Gasteiger partial charge in [-0.3, -0.25) is 0 Å². The minimum absolute atomic E-state index is 0.0547. The Morgan fingerprint density at radius 3 is 2.47 bits per heavy atom. The molecule has 1 aromatic carbocycles. The molecule has 1 aliphatic rings. The Morgan fingerprint density at radius 2 is 1.93 bits per heavy atom. The van der Waals surface area contributed by atoms with Gasteiger partial charge in [-0.2, -0.15) is 5.10 Å². The molecule has 0 aliphatic heterocycles. The van der Waals surface area contributed by atoms with Gasteiger partial charge in [0.25, 0.3) is 0 Å². The molecule has 2 N–H and O–H groups in total. The summed E-state index contributed by atoms with van der Waals surface area (Å²) in [6, 6.07) is 8.20. The van der Waals surface area contributed by atoms with Crippen molar-refractivity contribution in [3.05, 3.63) is 42.5 Å². The first-order chi connectivity index (χ1) is 7.28. The van der Waals surface area contributed by atoms with Crippen molar-refractivity contribution in [3.8, 4) is 5.69 Å². The molecule has 1 aliphatic carbocycles. The number of nitrogens with zero attached hydrogens (tertiary/aromatic N) is 3. The zero-order valence-electron chi connectivity index (χ0n) is 8.30. The van der Waals surface area contributed by atoms with E-state index >= 15 is 0 Å². The van der Waals surface area contributed by atoms with Crippen LogP contribution in [0.1, 0.15) is 18.4 Å². The Kier molecular flexibility index (Phi) is 1.67. The third-order valence-electron chi connectivity index (χ3n) is 2.91. The van der Waals surface area contributed by atoms with E-state index in [2.05, 4.69) is 22.2 Å². The van der Waals surface area contributed by atoms with Crippen LogP contribution in [0.4, 0.5) is 0 Å². The Hall–Kier alpha value is -1.68. The summed E-state index contributed by atoms with van der Waals surface area (Å²) < 4.78 is 1.74. The average Bonchev–Trinajstić information content (AvgIpc) is 2.84. The van der Waals surface area contributed by atoms with E-state index in [1.54, 1.807) is 11.0 Å². The summed E-state index contributed by atoms with van der Waals surface area (Å²) in [5.74, 6) is 0. The number of nitrogens with two attached hydrogens (primary N) is 1. The topological polar surface area (TPSA) is 56.7 Å². The summed E-state index contributed by atoms with van der Waals surface area (Å²) in [4.78, 5) is 3.91. The van der Waals surface area contributed by atoms with Crippen molar-refractivity contribution in [1.29, 1.82) is 0 Å².